The van der Waals surface area contributed by atoms with E-state index in [1.54, 1.807) is 6.92 Å². The van der Waals surface area contributed by atoms with Gasteiger partial charge < -0.3 is 5.11 Å². The van der Waals surface area contributed by atoms with E-state index in [-0.39, 0.29) is 17.5 Å². The molecule has 6 heteroatoms. The Kier molecular flexibility index (Phi) is 5.25. The molecular weight excluding hydrogens is 257 g/mol. The van der Waals surface area contributed by atoms with Crippen LogP contribution in [0.1, 0.15) is 25.3 Å². The predicted molar refractivity (Wildman–Crippen MR) is 67.2 cm³/mol. The normalized spacial score (nSPS) is 13.6. The average Bonchev–Trinajstić information content (AvgIpc) is 2.27. The molecule has 0 aliphatic carbocycles. The SMILES string of the molecule is CCC(CCO)NS(=O)(=O)c1ccc(F)cc1C. The molecule has 0 aromatic heterocycles. The Morgan fingerprint density at radius 2 is 2.11 bits per heavy atom. The largest absolute Gasteiger partial charge is 0.396 e. The second kappa shape index (κ2) is 6.26. The minimum atomic E-state index is -3.67. The number of hydrogen-bond acceptors (Lipinski definition) is 3. The summed E-state index contributed by atoms with van der Waals surface area (Å²) in [6.45, 7) is 3.30. The maximum absolute atomic E-state index is 12.9. The van der Waals surface area contributed by atoms with E-state index in [1.165, 1.54) is 12.1 Å². The first kappa shape index (κ1) is 15.1. The Hall–Kier alpha value is -0.980. The fourth-order valence-corrected chi connectivity index (χ4v) is 3.28. The lowest BCUT2D eigenvalue weighted by atomic mass is 10.2. The van der Waals surface area contributed by atoms with Gasteiger partial charge in [0.2, 0.25) is 10.0 Å². The van der Waals surface area contributed by atoms with Crippen molar-refractivity contribution in [1.82, 2.24) is 4.72 Å². The molecule has 1 aromatic rings. The molecule has 1 rings (SSSR count). The topological polar surface area (TPSA) is 66.4 Å². The summed E-state index contributed by atoms with van der Waals surface area (Å²) in [4.78, 5) is 0.0697. The van der Waals surface area contributed by atoms with Crippen LogP contribution in [0.5, 0.6) is 0 Å². The number of sulfonamides is 1. The molecule has 0 radical (unpaired) electrons. The summed E-state index contributed by atoms with van der Waals surface area (Å²) < 4.78 is 39.6. The molecule has 1 unspecified atom stereocenters. The molecule has 0 saturated carbocycles. The number of benzene rings is 1. The highest BCUT2D eigenvalue weighted by Gasteiger charge is 2.20. The third kappa shape index (κ3) is 3.76. The van der Waals surface area contributed by atoms with Crippen molar-refractivity contribution in [2.75, 3.05) is 6.61 Å². The summed E-state index contributed by atoms with van der Waals surface area (Å²) in [5.41, 5.74) is 0.362. The predicted octanol–water partition coefficient (Wildman–Crippen LogP) is 1.57. The molecule has 0 bridgehead atoms. The number of rotatable bonds is 6. The number of aliphatic hydroxyl groups excluding tert-OH is 1. The van der Waals surface area contributed by atoms with Crippen molar-refractivity contribution in [2.45, 2.75) is 37.6 Å². The van der Waals surface area contributed by atoms with Crippen LogP contribution < -0.4 is 4.72 Å². The molecule has 2 N–H and O–H groups in total. The quantitative estimate of drug-likeness (QED) is 0.828. The Balaban J connectivity index is 2.99. The zero-order chi connectivity index (χ0) is 13.8. The van der Waals surface area contributed by atoms with Gasteiger partial charge in [-0.15, -0.1) is 0 Å². The Labute approximate surface area is 107 Å². The van der Waals surface area contributed by atoms with E-state index < -0.39 is 15.8 Å². The molecule has 0 amide bonds. The van der Waals surface area contributed by atoms with Gasteiger partial charge in [0, 0.05) is 12.6 Å². The molecule has 0 heterocycles. The van der Waals surface area contributed by atoms with Crippen LogP contribution >= 0.6 is 0 Å². The van der Waals surface area contributed by atoms with Gasteiger partial charge >= 0.3 is 0 Å². The lowest BCUT2D eigenvalue weighted by molar-refractivity contribution is 0.270. The highest BCUT2D eigenvalue weighted by molar-refractivity contribution is 7.89. The van der Waals surface area contributed by atoms with Gasteiger partial charge in [0.1, 0.15) is 5.82 Å². The van der Waals surface area contributed by atoms with E-state index in [9.17, 15) is 12.8 Å². The number of halogens is 1. The molecule has 18 heavy (non-hydrogen) atoms. The summed E-state index contributed by atoms with van der Waals surface area (Å²) in [5.74, 6) is -0.464. The van der Waals surface area contributed by atoms with Gasteiger partial charge in [-0.2, -0.15) is 0 Å². The van der Waals surface area contributed by atoms with Crippen LogP contribution in [0, 0.1) is 12.7 Å². The second-order valence-electron chi connectivity index (χ2n) is 4.15. The maximum atomic E-state index is 12.9. The maximum Gasteiger partial charge on any atom is 0.241 e. The van der Waals surface area contributed by atoms with Crippen molar-refractivity contribution in [3.63, 3.8) is 0 Å². The van der Waals surface area contributed by atoms with Gasteiger partial charge in [-0.25, -0.2) is 17.5 Å². The third-order valence-electron chi connectivity index (χ3n) is 2.72. The lowest BCUT2D eigenvalue weighted by Gasteiger charge is -2.16. The summed E-state index contributed by atoms with van der Waals surface area (Å²) in [6.07, 6.45) is 0.940. The van der Waals surface area contributed by atoms with Crippen molar-refractivity contribution < 1.29 is 17.9 Å². The summed E-state index contributed by atoms with van der Waals surface area (Å²) in [6, 6.07) is 3.24. The van der Waals surface area contributed by atoms with Crippen LogP contribution in [-0.4, -0.2) is 26.2 Å². The van der Waals surface area contributed by atoms with Crippen molar-refractivity contribution in [1.29, 1.82) is 0 Å². The zero-order valence-electron chi connectivity index (χ0n) is 10.5. The van der Waals surface area contributed by atoms with E-state index in [0.717, 1.165) is 6.07 Å². The molecule has 0 saturated heterocycles. The smallest absolute Gasteiger partial charge is 0.241 e. The number of aryl methyl sites for hydroxylation is 1. The van der Waals surface area contributed by atoms with Gasteiger partial charge in [0.25, 0.3) is 0 Å². The first-order chi connectivity index (χ1) is 8.40. The minimum absolute atomic E-state index is 0.0697. The van der Waals surface area contributed by atoms with Crippen LogP contribution in [-0.2, 0) is 10.0 Å². The van der Waals surface area contributed by atoms with Crippen LogP contribution in [0.3, 0.4) is 0 Å². The van der Waals surface area contributed by atoms with Gasteiger partial charge in [-0.05, 0) is 43.5 Å². The van der Waals surface area contributed by atoms with Crippen molar-refractivity contribution in [2.24, 2.45) is 0 Å². The van der Waals surface area contributed by atoms with Gasteiger partial charge in [0.15, 0.2) is 0 Å². The average molecular weight is 275 g/mol. The van der Waals surface area contributed by atoms with E-state index in [1.807, 2.05) is 6.92 Å². The highest BCUT2D eigenvalue weighted by atomic mass is 32.2. The van der Waals surface area contributed by atoms with Crippen LogP contribution in [0.15, 0.2) is 23.1 Å². The van der Waals surface area contributed by atoms with Crippen LogP contribution in [0.2, 0.25) is 0 Å². The second-order valence-corrected chi connectivity index (χ2v) is 5.83. The zero-order valence-corrected chi connectivity index (χ0v) is 11.3. The standard InChI is InChI=1S/C12H18FNO3S/c1-3-11(6-7-15)14-18(16,17)12-5-4-10(13)8-9(12)2/h4-5,8,11,14-15H,3,6-7H2,1-2H3. The van der Waals surface area contributed by atoms with Gasteiger partial charge in [-0.1, -0.05) is 6.92 Å². The first-order valence-electron chi connectivity index (χ1n) is 5.80. The minimum Gasteiger partial charge on any atom is -0.396 e. The summed E-state index contributed by atoms with van der Waals surface area (Å²) in [5, 5.41) is 8.84. The number of nitrogens with one attached hydrogen (secondary N) is 1. The van der Waals surface area contributed by atoms with E-state index >= 15 is 0 Å². The highest BCUT2D eigenvalue weighted by Crippen LogP contribution is 2.17. The van der Waals surface area contributed by atoms with Crippen molar-refractivity contribution >= 4 is 10.0 Å². The fraction of sp³-hybridized carbons (Fsp3) is 0.500. The molecule has 4 nitrogen and oxygen atoms in total. The van der Waals surface area contributed by atoms with E-state index in [4.69, 9.17) is 5.11 Å². The molecular formula is C12H18FNO3S. The van der Waals surface area contributed by atoms with E-state index in [2.05, 4.69) is 4.72 Å². The fourth-order valence-electron chi connectivity index (χ4n) is 1.70. The van der Waals surface area contributed by atoms with Gasteiger partial charge in [0.05, 0.1) is 4.90 Å². The summed E-state index contributed by atoms with van der Waals surface area (Å²) >= 11 is 0. The molecule has 0 fully saturated rings. The molecule has 0 aliphatic rings. The van der Waals surface area contributed by atoms with Crippen molar-refractivity contribution in [3.05, 3.63) is 29.6 Å². The number of hydrogen-bond donors (Lipinski definition) is 2. The Morgan fingerprint density at radius 3 is 2.61 bits per heavy atom. The van der Waals surface area contributed by atoms with Crippen LogP contribution in [0.4, 0.5) is 4.39 Å². The van der Waals surface area contributed by atoms with Crippen LogP contribution in [0.25, 0.3) is 0 Å². The van der Waals surface area contributed by atoms with Gasteiger partial charge in [-0.3, -0.25) is 0 Å². The molecule has 0 aliphatic heterocycles. The lowest BCUT2D eigenvalue weighted by Crippen LogP contribution is -2.35. The molecule has 0 spiro atoms. The first-order valence-corrected chi connectivity index (χ1v) is 7.28. The molecule has 1 atom stereocenters. The third-order valence-corrected chi connectivity index (χ3v) is 4.40. The molecule has 1 aromatic carbocycles. The number of aliphatic hydroxyl groups is 1. The van der Waals surface area contributed by atoms with Crippen molar-refractivity contribution in [3.8, 4) is 0 Å². The molecule has 102 valence electrons. The monoisotopic (exact) mass is 275 g/mol. The Morgan fingerprint density at radius 1 is 1.44 bits per heavy atom. The summed E-state index contributed by atoms with van der Waals surface area (Å²) in [7, 11) is -3.67. The Bertz CT molecular complexity index is 502. The van der Waals surface area contributed by atoms with E-state index in [0.29, 0.717) is 18.4 Å².